The van der Waals surface area contributed by atoms with E-state index in [-0.39, 0.29) is 5.75 Å². The van der Waals surface area contributed by atoms with Crippen molar-refractivity contribution >= 4 is 12.1 Å². The number of methoxy groups -OCH3 is 2. The van der Waals surface area contributed by atoms with Crippen molar-refractivity contribution in [3.8, 4) is 17.2 Å². The van der Waals surface area contributed by atoms with E-state index in [1.54, 1.807) is 36.4 Å². The molecule has 0 unspecified atom stereocenters. The van der Waals surface area contributed by atoms with Crippen LogP contribution in [0.1, 0.15) is 15.9 Å². The molecule has 1 amide bonds. The Morgan fingerprint density at radius 1 is 1.14 bits per heavy atom. The van der Waals surface area contributed by atoms with Gasteiger partial charge in [0.05, 0.1) is 20.4 Å². The van der Waals surface area contributed by atoms with Gasteiger partial charge in [0, 0.05) is 11.1 Å². The van der Waals surface area contributed by atoms with Crippen LogP contribution in [0.5, 0.6) is 17.2 Å². The highest BCUT2D eigenvalue weighted by Crippen LogP contribution is 2.27. The topological polar surface area (TPSA) is 80.2 Å². The molecule has 0 aliphatic heterocycles. The average molecular weight is 300 g/mol. The van der Waals surface area contributed by atoms with Gasteiger partial charge in [0.25, 0.3) is 5.91 Å². The van der Waals surface area contributed by atoms with Crippen molar-refractivity contribution < 1.29 is 19.4 Å². The number of benzene rings is 2. The molecule has 0 aliphatic carbocycles. The number of hydrogen-bond donors (Lipinski definition) is 2. The summed E-state index contributed by atoms with van der Waals surface area (Å²) in [6, 6.07) is 11.5. The molecule has 22 heavy (non-hydrogen) atoms. The highest BCUT2D eigenvalue weighted by atomic mass is 16.5. The SMILES string of the molecule is COc1ccc(C(=O)N/N=C/c2ccccc2O)cc1OC. The first-order valence-electron chi connectivity index (χ1n) is 6.49. The summed E-state index contributed by atoms with van der Waals surface area (Å²) in [6.07, 6.45) is 1.37. The number of nitrogens with zero attached hydrogens (tertiary/aromatic N) is 1. The molecule has 6 nitrogen and oxygen atoms in total. The van der Waals surface area contributed by atoms with Crippen molar-refractivity contribution in [3.63, 3.8) is 0 Å². The normalized spacial score (nSPS) is 10.5. The number of carbonyl (C=O) groups excluding carboxylic acids is 1. The zero-order valence-electron chi connectivity index (χ0n) is 12.2. The van der Waals surface area contributed by atoms with Gasteiger partial charge in [-0.05, 0) is 30.3 Å². The van der Waals surface area contributed by atoms with E-state index in [0.717, 1.165) is 0 Å². The monoisotopic (exact) mass is 300 g/mol. The summed E-state index contributed by atoms with van der Waals surface area (Å²) < 4.78 is 10.2. The Morgan fingerprint density at radius 3 is 2.55 bits per heavy atom. The molecule has 0 aromatic heterocycles. The highest BCUT2D eigenvalue weighted by molar-refractivity contribution is 5.95. The Bertz CT molecular complexity index is 698. The van der Waals surface area contributed by atoms with E-state index < -0.39 is 5.91 Å². The molecular weight excluding hydrogens is 284 g/mol. The Balaban J connectivity index is 2.08. The van der Waals surface area contributed by atoms with E-state index in [9.17, 15) is 9.90 Å². The molecule has 0 aliphatic rings. The molecule has 0 fully saturated rings. The van der Waals surface area contributed by atoms with Gasteiger partial charge in [-0.3, -0.25) is 4.79 Å². The average Bonchev–Trinajstić information content (AvgIpc) is 2.55. The number of phenols is 1. The number of carbonyl (C=O) groups is 1. The summed E-state index contributed by atoms with van der Waals surface area (Å²) in [5.74, 6) is 0.691. The molecule has 0 saturated heterocycles. The number of hydrazone groups is 1. The number of amides is 1. The molecule has 0 atom stereocenters. The predicted molar refractivity (Wildman–Crippen MR) is 82.7 cm³/mol. The third kappa shape index (κ3) is 3.54. The van der Waals surface area contributed by atoms with Crippen LogP contribution < -0.4 is 14.9 Å². The number of phenolic OH excluding ortho intramolecular Hbond substituents is 1. The molecule has 0 bridgehead atoms. The fourth-order valence-electron chi connectivity index (χ4n) is 1.80. The second-order valence-electron chi connectivity index (χ2n) is 4.33. The second-order valence-corrected chi connectivity index (χ2v) is 4.33. The first kappa shape index (κ1) is 15.4. The van der Waals surface area contributed by atoms with E-state index in [4.69, 9.17) is 9.47 Å². The minimum atomic E-state index is -0.396. The predicted octanol–water partition coefficient (Wildman–Crippen LogP) is 2.17. The van der Waals surface area contributed by atoms with E-state index in [2.05, 4.69) is 10.5 Å². The summed E-state index contributed by atoms with van der Waals surface area (Å²) in [6.45, 7) is 0. The summed E-state index contributed by atoms with van der Waals surface area (Å²) in [4.78, 5) is 12.0. The quantitative estimate of drug-likeness (QED) is 0.655. The lowest BCUT2D eigenvalue weighted by atomic mass is 10.2. The largest absolute Gasteiger partial charge is 0.507 e. The zero-order chi connectivity index (χ0) is 15.9. The summed E-state index contributed by atoms with van der Waals surface area (Å²) in [5.41, 5.74) is 3.28. The van der Waals surface area contributed by atoms with Crippen molar-refractivity contribution in [2.24, 2.45) is 5.10 Å². The molecule has 2 aromatic carbocycles. The van der Waals surface area contributed by atoms with Gasteiger partial charge in [0.2, 0.25) is 0 Å². The molecule has 2 N–H and O–H groups in total. The van der Waals surface area contributed by atoms with Gasteiger partial charge in [0.1, 0.15) is 5.75 Å². The van der Waals surface area contributed by atoms with Crippen molar-refractivity contribution in [2.75, 3.05) is 14.2 Å². The third-order valence-corrected chi connectivity index (χ3v) is 2.95. The fourth-order valence-corrected chi connectivity index (χ4v) is 1.80. The van der Waals surface area contributed by atoms with Crippen LogP contribution in [0.4, 0.5) is 0 Å². The second kappa shape index (κ2) is 7.12. The molecule has 2 rings (SSSR count). The molecule has 0 heterocycles. The van der Waals surface area contributed by atoms with Crippen LogP contribution in [0.2, 0.25) is 0 Å². The number of hydrogen-bond acceptors (Lipinski definition) is 5. The van der Waals surface area contributed by atoms with Gasteiger partial charge in [-0.15, -0.1) is 0 Å². The van der Waals surface area contributed by atoms with Crippen LogP contribution >= 0.6 is 0 Å². The van der Waals surface area contributed by atoms with Crippen molar-refractivity contribution in [2.45, 2.75) is 0 Å². The molecule has 2 aromatic rings. The maximum absolute atomic E-state index is 12.0. The molecule has 0 radical (unpaired) electrons. The van der Waals surface area contributed by atoms with Gasteiger partial charge < -0.3 is 14.6 Å². The first-order valence-corrected chi connectivity index (χ1v) is 6.49. The Morgan fingerprint density at radius 2 is 1.86 bits per heavy atom. The number of nitrogens with one attached hydrogen (secondary N) is 1. The molecule has 6 heteroatoms. The maximum Gasteiger partial charge on any atom is 0.271 e. The van der Waals surface area contributed by atoms with Gasteiger partial charge in [-0.1, -0.05) is 12.1 Å². The summed E-state index contributed by atoms with van der Waals surface area (Å²) >= 11 is 0. The lowest BCUT2D eigenvalue weighted by Gasteiger charge is -2.08. The van der Waals surface area contributed by atoms with Crippen LogP contribution in [-0.2, 0) is 0 Å². The zero-order valence-corrected chi connectivity index (χ0v) is 12.2. The van der Waals surface area contributed by atoms with Crippen molar-refractivity contribution in [1.82, 2.24) is 5.43 Å². The Kier molecular flexibility index (Phi) is 4.98. The van der Waals surface area contributed by atoms with Gasteiger partial charge in [-0.2, -0.15) is 5.10 Å². The van der Waals surface area contributed by atoms with Crippen molar-refractivity contribution in [3.05, 3.63) is 53.6 Å². The third-order valence-electron chi connectivity index (χ3n) is 2.95. The van der Waals surface area contributed by atoms with Crippen LogP contribution in [0.3, 0.4) is 0 Å². The number of para-hydroxylation sites is 1. The number of ether oxygens (including phenoxy) is 2. The lowest BCUT2D eigenvalue weighted by molar-refractivity contribution is 0.0954. The van der Waals surface area contributed by atoms with E-state index in [0.29, 0.717) is 22.6 Å². The van der Waals surface area contributed by atoms with Crippen LogP contribution in [0, 0.1) is 0 Å². The van der Waals surface area contributed by atoms with Crippen LogP contribution in [0.25, 0.3) is 0 Å². The minimum Gasteiger partial charge on any atom is -0.507 e. The lowest BCUT2D eigenvalue weighted by Crippen LogP contribution is -2.17. The molecular formula is C16H16N2O4. The van der Waals surface area contributed by atoms with Gasteiger partial charge in [-0.25, -0.2) is 5.43 Å². The smallest absolute Gasteiger partial charge is 0.271 e. The minimum absolute atomic E-state index is 0.0895. The molecule has 0 saturated carbocycles. The molecule has 0 spiro atoms. The Labute approximate surface area is 128 Å². The van der Waals surface area contributed by atoms with Crippen LogP contribution in [-0.4, -0.2) is 31.4 Å². The van der Waals surface area contributed by atoms with E-state index in [1.165, 1.54) is 26.5 Å². The maximum atomic E-state index is 12.0. The fraction of sp³-hybridized carbons (Fsp3) is 0.125. The van der Waals surface area contributed by atoms with Crippen LogP contribution in [0.15, 0.2) is 47.6 Å². The highest BCUT2D eigenvalue weighted by Gasteiger charge is 2.09. The van der Waals surface area contributed by atoms with E-state index in [1.807, 2.05) is 0 Å². The number of rotatable bonds is 5. The first-order chi connectivity index (χ1) is 10.7. The standard InChI is InChI=1S/C16H16N2O4/c1-21-14-8-7-11(9-15(14)22-2)16(20)18-17-10-12-5-3-4-6-13(12)19/h3-10,19H,1-2H3,(H,18,20)/b17-10+. The Hall–Kier alpha value is -3.02. The molecule has 114 valence electrons. The van der Waals surface area contributed by atoms with Crippen molar-refractivity contribution in [1.29, 1.82) is 0 Å². The van der Waals surface area contributed by atoms with Gasteiger partial charge >= 0.3 is 0 Å². The van der Waals surface area contributed by atoms with Gasteiger partial charge in [0.15, 0.2) is 11.5 Å². The summed E-state index contributed by atoms with van der Waals surface area (Å²) in [7, 11) is 3.02. The van der Waals surface area contributed by atoms with E-state index >= 15 is 0 Å². The number of aromatic hydroxyl groups is 1. The summed E-state index contributed by atoms with van der Waals surface area (Å²) in [5, 5.41) is 13.4.